The first-order valence-electron chi connectivity index (χ1n) is 4.34. The van der Waals surface area contributed by atoms with E-state index < -0.39 is 0 Å². The molecule has 0 aromatic heterocycles. The molecule has 0 radical (unpaired) electrons. The molecular formula is C10H10BrFO. The van der Waals surface area contributed by atoms with Crippen molar-refractivity contribution in [3.8, 4) is 0 Å². The summed E-state index contributed by atoms with van der Waals surface area (Å²) in [6, 6.07) is 5.18. The average molecular weight is 245 g/mol. The Balaban J connectivity index is 2.25. The molecule has 1 aromatic carbocycles. The van der Waals surface area contributed by atoms with Gasteiger partial charge < -0.3 is 4.74 Å². The third-order valence-corrected chi connectivity index (χ3v) is 2.89. The topological polar surface area (TPSA) is 9.23 Å². The van der Waals surface area contributed by atoms with Gasteiger partial charge in [0.2, 0.25) is 0 Å². The van der Waals surface area contributed by atoms with Gasteiger partial charge in [-0.3, -0.25) is 0 Å². The lowest BCUT2D eigenvalue weighted by Gasteiger charge is -2.09. The minimum absolute atomic E-state index is 0.0996. The Kier molecular flexibility index (Phi) is 2.65. The Labute approximate surface area is 85.0 Å². The van der Waals surface area contributed by atoms with E-state index in [4.69, 9.17) is 4.74 Å². The normalized spacial score (nSPS) is 22.2. The first-order chi connectivity index (χ1) is 6.27. The fraction of sp³-hybridized carbons (Fsp3) is 0.400. The van der Waals surface area contributed by atoms with E-state index >= 15 is 0 Å². The van der Waals surface area contributed by atoms with E-state index in [0.29, 0.717) is 4.47 Å². The highest BCUT2D eigenvalue weighted by atomic mass is 79.9. The monoisotopic (exact) mass is 244 g/mol. The van der Waals surface area contributed by atoms with E-state index in [1.807, 2.05) is 6.07 Å². The molecule has 1 nitrogen and oxygen atoms in total. The van der Waals surface area contributed by atoms with Crippen LogP contribution in [0.1, 0.15) is 24.5 Å². The maximum absolute atomic E-state index is 13.1. The molecule has 70 valence electrons. The molecule has 1 aliphatic rings. The molecule has 0 saturated carbocycles. The summed E-state index contributed by atoms with van der Waals surface area (Å²) in [4.78, 5) is 0. The Bertz CT molecular complexity index is 308. The van der Waals surface area contributed by atoms with Gasteiger partial charge in [0.25, 0.3) is 0 Å². The van der Waals surface area contributed by atoms with E-state index in [1.54, 1.807) is 12.1 Å². The maximum Gasteiger partial charge on any atom is 0.137 e. The van der Waals surface area contributed by atoms with Crippen molar-refractivity contribution in [1.82, 2.24) is 0 Å². The van der Waals surface area contributed by atoms with Crippen LogP contribution in [0.3, 0.4) is 0 Å². The molecule has 3 heteroatoms. The molecule has 0 spiro atoms. The zero-order valence-electron chi connectivity index (χ0n) is 7.09. The zero-order chi connectivity index (χ0) is 9.26. The number of benzene rings is 1. The summed E-state index contributed by atoms with van der Waals surface area (Å²) in [5.74, 6) is -0.215. The molecule has 1 saturated heterocycles. The number of rotatable bonds is 1. The summed E-state index contributed by atoms with van der Waals surface area (Å²) in [5, 5.41) is 0. The number of hydrogen-bond acceptors (Lipinski definition) is 1. The van der Waals surface area contributed by atoms with Crippen molar-refractivity contribution in [2.45, 2.75) is 18.9 Å². The van der Waals surface area contributed by atoms with Gasteiger partial charge in [0.15, 0.2) is 0 Å². The van der Waals surface area contributed by atoms with Crippen LogP contribution in [-0.4, -0.2) is 6.61 Å². The minimum Gasteiger partial charge on any atom is -0.374 e. The Morgan fingerprint density at radius 3 is 2.92 bits per heavy atom. The summed E-state index contributed by atoms with van der Waals surface area (Å²) in [7, 11) is 0. The fourth-order valence-corrected chi connectivity index (χ4v) is 1.80. The summed E-state index contributed by atoms with van der Waals surface area (Å²) >= 11 is 3.12. The van der Waals surface area contributed by atoms with Gasteiger partial charge in [0.05, 0.1) is 10.6 Å². The molecule has 1 atom stereocenters. The van der Waals surface area contributed by atoms with Crippen LogP contribution in [0.15, 0.2) is 22.7 Å². The van der Waals surface area contributed by atoms with Gasteiger partial charge in [-0.25, -0.2) is 4.39 Å². The van der Waals surface area contributed by atoms with Crippen molar-refractivity contribution in [3.63, 3.8) is 0 Å². The highest BCUT2D eigenvalue weighted by Crippen LogP contribution is 2.30. The van der Waals surface area contributed by atoms with Crippen LogP contribution >= 0.6 is 15.9 Å². The predicted molar refractivity (Wildman–Crippen MR) is 52.0 cm³/mol. The van der Waals surface area contributed by atoms with Crippen LogP contribution in [0, 0.1) is 5.82 Å². The van der Waals surface area contributed by atoms with Crippen LogP contribution in [0.4, 0.5) is 4.39 Å². The number of ether oxygens (including phenoxy) is 1. The quantitative estimate of drug-likeness (QED) is 0.736. The van der Waals surface area contributed by atoms with Gasteiger partial charge >= 0.3 is 0 Å². The van der Waals surface area contributed by atoms with E-state index in [1.165, 1.54) is 0 Å². The van der Waals surface area contributed by atoms with E-state index in [2.05, 4.69) is 15.9 Å². The van der Waals surface area contributed by atoms with Gasteiger partial charge in [0.1, 0.15) is 5.82 Å². The van der Waals surface area contributed by atoms with E-state index in [0.717, 1.165) is 25.0 Å². The van der Waals surface area contributed by atoms with Crippen LogP contribution in [-0.2, 0) is 4.74 Å². The molecule has 0 N–H and O–H groups in total. The third-order valence-electron chi connectivity index (χ3n) is 2.25. The van der Waals surface area contributed by atoms with Gasteiger partial charge in [-0.15, -0.1) is 0 Å². The lowest BCUT2D eigenvalue weighted by molar-refractivity contribution is 0.111. The van der Waals surface area contributed by atoms with E-state index in [9.17, 15) is 4.39 Å². The van der Waals surface area contributed by atoms with Crippen LogP contribution in [0.25, 0.3) is 0 Å². The van der Waals surface area contributed by atoms with Gasteiger partial charge in [0, 0.05) is 6.61 Å². The standard InChI is InChI=1S/C10H10BrFO/c11-8-4-3-7(6-9(8)12)10-2-1-5-13-10/h3-4,6,10H,1-2,5H2/t10-/m1/s1. The summed E-state index contributed by atoms with van der Waals surface area (Å²) < 4.78 is 19.1. The van der Waals surface area contributed by atoms with Gasteiger partial charge in [-0.05, 0) is 46.5 Å². The van der Waals surface area contributed by atoms with Gasteiger partial charge in [-0.1, -0.05) is 6.07 Å². The molecule has 0 bridgehead atoms. The first-order valence-corrected chi connectivity index (χ1v) is 5.13. The first kappa shape index (κ1) is 9.16. The van der Waals surface area contributed by atoms with Crippen molar-refractivity contribution in [1.29, 1.82) is 0 Å². The lowest BCUT2D eigenvalue weighted by atomic mass is 10.1. The molecule has 0 aliphatic carbocycles. The van der Waals surface area contributed by atoms with E-state index in [-0.39, 0.29) is 11.9 Å². The van der Waals surface area contributed by atoms with Gasteiger partial charge in [-0.2, -0.15) is 0 Å². The minimum atomic E-state index is -0.215. The predicted octanol–water partition coefficient (Wildman–Crippen LogP) is 3.44. The summed E-state index contributed by atoms with van der Waals surface area (Å²) in [6.45, 7) is 0.794. The largest absolute Gasteiger partial charge is 0.374 e. The molecule has 2 rings (SSSR count). The molecule has 0 unspecified atom stereocenters. The number of halogens is 2. The molecule has 0 amide bonds. The molecular weight excluding hydrogens is 235 g/mol. The molecule has 13 heavy (non-hydrogen) atoms. The Morgan fingerprint density at radius 1 is 1.46 bits per heavy atom. The second kappa shape index (κ2) is 3.76. The highest BCUT2D eigenvalue weighted by molar-refractivity contribution is 9.10. The smallest absolute Gasteiger partial charge is 0.137 e. The second-order valence-electron chi connectivity index (χ2n) is 3.18. The van der Waals surface area contributed by atoms with Crippen molar-refractivity contribution in [3.05, 3.63) is 34.1 Å². The average Bonchev–Trinajstić information content (AvgIpc) is 2.62. The highest BCUT2D eigenvalue weighted by Gasteiger charge is 2.18. The van der Waals surface area contributed by atoms with Crippen molar-refractivity contribution in [2.24, 2.45) is 0 Å². The summed E-state index contributed by atoms with van der Waals surface area (Å²) in [6.07, 6.45) is 2.17. The van der Waals surface area contributed by atoms with Crippen LogP contribution in [0.2, 0.25) is 0 Å². The zero-order valence-corrected chi connectivity index (χ0v) is 8.68. The second-order valence-corrected chi connectivity index (χ2v) is 4.03. The third kappa shape index (κ3) is 1.92. The van der Waals surface area contributed by atoms with Crippen LogP contribution in [0.5, 0.6) is 0 Å². The van der Waals surface area contributed by atoms with Crippen molar-refractivity contribution in [2.75, 3.05) is 6.61 Å². The fourth-order valence-electron chi connectivity index (χ4n) is 1.55. The molecule has 1 fully saturated rings. The number of hydrogen-bond donors (Lipinski definition) is 0. The Hall–Kier alpha value is -0.410. The SMILES string of the molecule is Fc1cc([C@H]2CCCO2)ccc1Br. The van der Waals surface area contributed by atoms with Crippen LogP contribution < -0.4 is 0 Å². The lowest BCUT2D eigenvalue weighted by Crippen LogP contribution is -1.96. The Morgan fingerprint density at radius 2 is 2.31 bits per heavy atom. The summed E-state index contributed by atoms with van der Waals surface area (Å²) in [5.41, 5.74) is 0.943. The molecule has 1 aliphatic heterocycles. The van der Waals surface area contributed by atoms with Crippen molar-refractivity contribution >= 4 is 15.9 Å². The maximum atomic E-state index is 13.1. The molecule has 1 aromatic rings. The van der Waals surface area contributed by atoms with Crippen molar-refractivity contribution < 1.29 is 9.13 Å². The molecule has 1 heterocycles.